The highest BCUT2D eigenvalue weighted by Crippen LogP contribution is 2.36. The first kappa shape index (κ1) is 14.7. The van der Waals surface area contributed by atoms with Crippen molar-refractivity contribution in [3.63, 3.8) is 0 Å². The summed E-state index contributed by atoms with van der Waals surface area (Å²) in [5, 5.41) is 12.4. The second kappa shape index (κ2) is 5.73. The third-order valence-electron chi connectivity index (χ3n) is 4.27. The van der Waals surface area contributed by atoms with E-state index in [1.54, 1.807) is 0 Å². The number of hydrogen-bond acceptors (Lipinski definition) is 4. The molecule has 0 unspecified atom stereocenters. The molecule has 2 N–H and O–H groups in total. The number of nitrogens with one attached hydrogen (secondary N) is 1. The highest BCUT2D eigenvalue weighted by molar-refractivity contribution is 5.82. The van der Waals surface area contributed by atoms with Crippen molar-refractivity contribution >= 4 is 11.8 Å². The first-order valence-electron chi connectivity index (χ1n) is 6.97. The number of carbonyl (C=O) groups is 1. The van der Waals surface area contributed by atoms with Crippen molar-refractivity contribution in [2.75, 3.05) is 5.32 Å². The van der Waals surface area contributed by atoms with Crippen LogP contribution in [-0.2, 0) is 4.79 Å². The first-order chi connectivity index (χ1) is 9.48. The first-order valence-corrected chi connectivity index (χ1v) is 6.97. The molecule has 0 aromatic carbocycles. The van der Waals surface area contributed by atoms with Crippen LogP contribution in [0.4, 0.5) is 10.2 Å². The maximum Gasteiger partial charge on any atom is 0.329 e. The van der Waals surface area contributed by atoms with Crippen LogP contribution < -0.4 is 5.32 Å². The SMILES string of the molecule is CCC1CCC(Nc2ncnc(C)c2F)(C(=O)O)CC1. The molecule has 20 heavy (non-hydrogen) atoms. The number of hydrogen-bond donors (Lipinski definition) is 2. The number of rotatable bonds is 4. The van der Waals surface area contributed by atoms with Gasteiger partial charge in [-0.25, -0.2) is 19.2 Å². The minimum absolute atomic E-state index is 0.0187. The van der Waals surface area contributed by atoms with Crippen molar-refractivity contribution < 1.29 is 14.3 Å². The van der Waals surface area contributed by atoms with Crippen LogP contribution >= 0.6 is 0 Å². The van der Waals surface area contributed by atoms with Crippen LogP contribution in [0.25, 0.3) is 0 Å². The second-order valence-electron chi connectivity index (χ2n) is 5.49. The number of aromatic nitrogens is 2. The van der Waals surface area contributed by atoms with Crippen LogP contribution in [-0.4, -0.2) is 26.6 Å². The minimum Gasteiger partial charge on any atom is -0.480 e. The van der Waals surface area contributed by atoms with Crippen molar-refractivity contribution in [3.8, 4) is 0 Å². The average molecular weight is 281 g/mol. The molecule has 0 aliphatic heterocycles. The highest BCUT2D eigenvalue weighted by atomic mass is 19.1. The van der Waals surface area contributed by atoms with Gasteiger partial charge in [0.2, 0.25) is 0 Å². The van der Waals surface area contributed by atoms with Gasteiger partial charge in [0.1, 0.15) is 11.9 Å². The minimum atomic E-state index is -1.12. The van der Waals surface area contributed by atoms with Gasteiger partial charge >= 0.3 is 5.97 Å². The summed E-state index contributed by atoms with van der Waals surface area (Å²) in [5.41, 5.74) is -0.905. The summed E-state index contributed by atoms with van der Waals surface area (Å²) >= 11 is 0. The van der Waals surface area contributed by atoms with E-state index in [2.05, 4.69) is 22.2 Å². The van der Waals surface area contributed by atoms with Gasteiger partial charge in [-0.15, -0.1) is 0 Å². The normalized spacial score (nSPS) is 26.2. The standard InChI is InChI=1S/C14H20FN3O2/c1-3-10-4-6-14(7-5-10,13(19)20)18-12-11(15)9(2)16-8-17-12/h8,10H,3-7H2,1-2H3,(H,19,20)(H,16,17,18). The Morgan fingerprint density at radius 2 is 2.15 bits per heavy atom. The van der Waals surface area contributed by atoms with E-state index >= 15 is 0 Å². The third kappa shape index (κ3) is 2.73. The Morgan fingerprint density at radius 3 is 2.70 bits per heavy atom. The van der Waals surface area contributed by atoms with Crippen LogP contribution in [0.15, 0.2) is 6.33 Å². The molecular formula is C14H20FN3O2. The van der Waals surface area contributed by atoms with Gasteiger partial charge in [-0.1, -0.05) is 13.3 Å². The lowest BCUT2D eigenvalue weighted by molar-refractivity contribution is -0.143. The van der Waals surface area contributed by atoms with Crippen LogP contribution in [0.1, 0.15) is 44.7 Å². The van der Waals surface area contributed by atoms with Crippen LogP contribution in [0, 0.1) is 18.7 Å². The summed E-state index contributed by atoms with van der Waals surface area (Å²) in [6, 6.07) is 0. The molecule has 1 saturated carbocycles. The zero-order valence-electron chi connectivity index (χ0n) is 11.8. The molecular weight excluding hydrogens is 261 g/mol. The quantitative estimate of drug-likeness (QED) is 0.887. The average Bonchev–Trinajstić information content (AvgIpc) is 2.44. The molecule has 0 saturated heterocycles. The van der Waals surface area contributed by atoms with Crippen LogP contribution in [0.2, 0.25) is 0 Å². The fraction of sp³-hybridized carbons (Fsp3) is 0.643. The monoisotopic (exact) mass is 281 g/mol. The van der Waals surface area contributed by atoms with Crippen molar-refractivity contribution in [3.05, 3.63) is 17.8 Å². The van der Waals surface area contributed by atoms with Gasteiger partial charge in [0, 0.05) is 0 Å². The van der Waals surface area contributed by atoms with Gasteiger partial charge in [0.25, 0.3) is 0 Å². The Labute approximate surface area is 117 Å². The van der Waals surface area contributed by atoms with Gasteiger partial charge in [-0.05, 0) is 38.5 Å². The van der Waals surface area contributed by atoms with E-state index in [1.807, 2.05) is 0 Å². The molecule has 1 fully saturated rings. The van der Waals surface area contributed by atoms with E-state index in [0.29, 0.717) is 18.8 Å². The number of anilines is 1. The summed E-state index contributed by atoms with van der Waals surface area (Å²) in [7, 11) is 0. The molecule has 6 heteroatoms. The Bertz CT molecular complexity index is 499. The summed E-state index contributed by atoms with van der Waals surface area (Å²) in [6.07, 6.45) is 4.94. The predicted molar refractivity (Wildman–Crippen MR) is 73.0 cm³/mol. The number of carboxylic acids is 1. The molecule has 110 valence electrons. The van der Waals surface area contributed by atoms with E-state index < -0.39 is 17.3 Å². The Morgan fingerprint density at radius 1 is 1.50 bits per heavy atom. The maximum atomic E-state index is 14.0. The Kier molecular flexibility index (Phi) is 4.20. The van der Waals surface area contributed by atoms with Gasteiger partial charge in [0.15, 0.2) is 11.6 Å². The number of nitrogens with zero attached hydrogens (tertiary/aromatic N) is 2. The second-order valence-corrected chi connectivity index (χ2v) is 5.49. The zero-order chi connectivity index (χ0) is 14.8. The predicted octanol–water partition coefficient (Wildman–Crippen LogP) is 2.76. The summed E-state index contributed by atoms with van der Waals surface area (Å²) < 4.78 is 14.0. The fourth-order valence-electron chi connectivity index (χ4n) is 2.74. The topological polar surface area (TPSA) is 75.1 Å². The molecule has 0 amide bonds. The van der Waals surface area contributed by atoms with Crippen molar-refractivity contribution in [2.45, 2.75) is 51.5 Å². The lowest BCUT2D eigenvalue weighted by atomic mass is 9.75. The number of carboxylic acid groups (broad SMARTS) is 1. The van der Waals surface area contributed by atoms with E-state index in [-0.39, 0.29) is 11.5 Å². The Hall–Kier alpha value is -1.72. The highest BCUT2D eigenvalue weighted by Gasteiger charge is 2.42. The maximum absolute atomic E-state index is 14.0. The van der Waals surface area contributed by atoms with Crippen molar-refractivity contribution in [1.82, 2.24) is 9.97 Å². The fourth-order valence-corrected chi connectivity index (χ4v) is 2.74. The van der Waals surface area contributed by atoms with Gasteiger partial charge in [-0.3, -0.25) is 0 Å². The van der Waals surface area contributed by atoms with Crippen molar-refractivity contribution in [2.24, 2.45) is 5.92 Å². The summed E-state index contributed by atoms with van der Waals surface area (Å²) in [4.78, 5) is 19.2. The molecule has 0 bridgehead atoms. The van der Waals surface area contributed by atoms with E-state index in [1.165, 1.54) is 13.3 Å². The van der Waals surface area contributed by atoms with E-state index in [0.717, 1.165) is 19.3 Å². The van der Waals surface area contributed by atoms with Crippen LogP contribution in [0.5, 0.6) is 0 Å². The van der Waals surface area contributed by atoms with E-state index in [9.17, 15) is 14.3 Å². The lowest BCUT2D eigenvalue weighted by Gasteiger charge is -2.37. The third-order valence-corrected chi connectivity index (χ3v) is 4.27. The molecule has 1 aliphatic rings. The number of aryl methyl sites for hydroxylation is 1. The number of aliphatic carboxylic acids is 1. The van der Waals surface area contributed by atoms with Gasteiger partial charge < -0.3 is 10.4 Å². The summed E-state index contributed by atoms with van der Waals surface area (Å²) in [5.74, 6) is -0.982. The molecule has 2 rings (SSSR count). The number of halogens is 1. The molecule has 0 atom stereocenters. The van der Waals surface area contributed by atoms with Crippen molar-refractivity contribution in [1.29, 1.82) is 0 Å². The van der Waals surface area contributed by atoms with Crippen LogP contribution in [0.3, 0.4) is 0 Å². The molecule has 1 aromatic heterocycles. The molecule has 0 radical (unpaired) electrons. The largest absolute Gasteiger partial charge is 0.480 e. The Balaban J connectivity index is 2.22. The van der Waals surface area contributed by atoms with Gasteiger partial charge in [0.05, 0.1) is 5.69 Å². The van der Waals surface area contributed by atoms with Gasteiger partial charge in [-0.2, -0.15) is 0 Å². The zero-order valence-corrected chi connectivity index (χ0v) is 11.8. The molecule has 1 heterocycles. The lowest BCUT2D eigenvalue weighted by Crippen LogP contribution is -2.49. The molecule has 1 aromatic rings. The molecule has 0 spiro atoms. The van der Waals surface area contributed by atoms with E-state index in [4.69, 9.17) is 0 Å². The molecule has 1 aliphatic carbocycles. The summed E-state index contributed by atoms with van der Waals surface area (Å²) in [6.45, 7) is 3.64. The smallest absolute Gasteiger partial charge is 0.329 e. The molecule has 5 nitrogen and oxygen atoms in total.